The molecule has 2 atom stereocenters. The highest BCUT2D eigenvalue weighted by molar-refractivity contribution is 14.1. The third kappa shape index (κ3) is 3.64. The molecular formula is C13H19IN2O. The Morgan fingerprint density at radius 2 is 2.06 bits per heavy atom. The van der Waals surface area contributed by atoms with Gasteiger partial charge in [-0.3, -0.25) is 11.3 Å². The van der Waals surface area contributed by atoms with Gasteiger partial charge < -0.3 is 4.74 Å². The maximum atomic E-state index is 5.66. The van der Waals surface area contributed by atoms with Gasteiger partial charge in [-0.2, -0.15) is 0 Å². The molecule has 1 aliphatic carbocycles. The van der Waals surface area contributed by atoms with Crippen LogP contribution in [0.5, 0.6) is 0 Å². The second kappa shape index (κ2) is 6.13. The molecule has 2 unspecified atom stereocenters. The minimum Gasteiger partial charge on any atom is -0.379 e. The number of nitrogens with two attached hydrogens (primary N) is 1. The van der Waals surface area contributed by atoms with E-state index in [-0.39, 0.29) is 12.1 Å². The lowest BCUT2D eigenvalue weighted by atomic mass is 9.99. The van der Waals surface area contributed by atoms with E-state index in [0.717, 1.165) is 6.42 Å². The normalized spacial score (nSPS) is 19.0. The predicted molar refractivity (Wildman–Crippen MR) is 77.5 cm³/mol. The highest BCUT2D eigenvalue weighted by Gasteiger charge is 2.36. The summed E-state index contributed by atoms with van der Waals surface area (Å²) < 4.78 is 6.84. The van der Waals surface area contributed by atoms with Crippen molar-refractivity contribution in [2.24, 2.45) is 11.8 Å². The maximum Gasteiger partial charge on any atom is 0.0769 e. The number of benzene rings is 1. The van der Waals surface area contributed by atoms with E-state index in [1.165, 1.54) is 22.0 Å². The lowest BCUT2D eigenvalue weighted by Crippen LogP contribution is -2.47. The molecule has 0 amide bonds. The van der Waals surface area contributed by atoms with Gasteiger partial charge in [0.2, 0.25) is 0 Å². The summed E-state index contributed by atoms with van der Waals surface area (Å²) in [5, 5.41) is 0. The number of methoxy groups -OCH3 is 1. The first-order valence-electron chi connectivity index (χ1n) is 5.98. The molecule has 0 bridgehead atoms. The molecule has 1 aromatic carbocycles. The van der Waals surface area contributed by atoms with Gasteiger partial charge in [-0.1, -0.05) is 12.1 Å². The number of rotatable bonds is 6. The molecule has 1 fully saturated rings. The summed E-state index contributed by atoms with van der Waals surface area (Å²) in [6.07, 6.45) is 3.69. The Balaban J connectivity index is 2.00. The molecule has 0 heterocycles. The van der Waals surface area contributed by atoms with Crippen molar-refractivity contribution in [1.29, 1.82) is 0 Å². The van der Waals surface area contributed by atoms with E-state index >= 15 is 0 Å². The Kier molecular flexibility index (Phi) is 4.78. The monoisotopic (exact) mass is 346 g/mol. The van der Waals surface area contributed by atoms with Gasteiger partial charge in [-0.15, -0.1) is 0 Å². The van der Waals surface area contributed by atoms with E-state index in [4.69, 9.17) is 10.6 Å². The van der Waals surface area contributed by atoms with Crippen molar-refractivity contribution < 1.29 is 4.74 Å². The Labute approximate surface area is 116 Å². The third-order valence-corrected chi connectivity index (χ3v) is 4.06. The van der Waals surface area contributed by atoms with Crippen LogP contribution in [-0.2, 0) is 11.2 Å². The second-order valence-corrected chi connectivity index (χ2v) is 5.89. The summed E-state index contributed by atoms with van der Waals surface area (Å²) in [6, 6.07) is 8.77. The van der Waals surface area contributed by atoms with Crippen molar-refractivity contribution in [1.82, 2.24) is 5.43 Å². The topological polar surface area (TPSA) is 47.3 Å². The van der Waals surface area contributed by atoms with Gasteiger partial charge in [0.15, 0.2) is 0 Å². The molecule has 17 heavy (non-hydrogen) atoms. The number of hydrogen-bond acceptors (Lipinski definition) is 3. The Hall–Kier alpha value is -0.170. The van der Waals surface area contributed by atoms with Crippen LogP contribution in [0.2, 0.25) is 0 Å². The summed E-state index contributed by atoms with van der Waals surface area (Å²) >= 11 is 2.32. The first-order chi connectivity index (χ1) is 8.24. The van der Waals surface area contributed by atoms with E-state index in [9.17, 15) is 0 Å². The van der Waals surface area contributed by atoms with Crippen LogP contribution in [0, 0.1) is 9.49 Å². The van der Waals surface area contributed by atoms with Crippen LogP contribution < -0.4 is 11.3 Å². The summed E-state index contributed by atoms with van der Waals surface area (Å²) in [4.78, 5) is 0. The molecule has 1 saturated carbocycles. The van der Waals surface area contributed by atoms with Gasteiger partial charge in [0.05, 0.1) is 12.1 Å². The summed E-state index contributed by atoms with van der Waals surface area (Å²) in [5.74, 6) is 6.35. The van der Waals surface area contributed by atoms with Crippen molar-refractivity contribution in [3.05, 3.63) is 33.4 Å². The first-order valence-corrected chi connectivity index (χ1v) is 7.06. The molecule has 0 saturated heterocycles. The van der Waals surface area contributed by atoms with Gasteiger partial charge in [0.25, 0.3) is 0 Å². The van der Waals surface area contributed by atoms with Crippen LogP contribution >= 0.6 is 22.6 Å². The van der Waals surface area contributed by atoms with Crippen LogP contribution in [0.3, 0.4) is 0 Å². The van der Waals surface area contributed by atoms with E-state index < -0.39 is 0 Å². The fraction of sp³-hybridized carbons (Fsp3) is 0.538. The zero-order chi connectivity index (χ0) is 12.3. The zero-order valence-corrected chi connectivity index (χ0v) is 12.2. The lowest BCUT2D eigenvalue weighted by molar-refractivity contribution is 0.0511. The van der Waals surface area contributed by atoms with Gasteiger partial charge in [-0.25, -0.2) is 0 Å². The molecule has 0 aliphatic heterocycles. The molecule has 0 spiro atoms. The number of nitrogens with one attached hydrogen (secondary N) is 1. The van der Waals surface area contributed by atoms with E-state index in [1.807, 2.05) is 0 Å². The lowest BCUT2D eigenvalue weighted by Gasteiger charge is -2.25. The van der Waals surface area contributed by atoms with Crippen molar-refractivity contribution in [2.75, 3.05) is 7.11 Å². The van der Waals surface area contributed by atoms with Crippen molar-refractivity contribution in [3.63, 3.8) is 0 Å². The van der Waals surface area contributed by atoms with Gasteiger partial charge in [0, 0.05) is 10.7 Å². The average Bonchev–Trinajstić information content (AvgIpc) is 3.16. The number of halogens is 1. The Morgan fingerprint density at radius 3 is 2.53 bits per heavy atom. The molecular weight excluding hydrogens is 327 g/mol. The van der Waals surface area contributed by atoms with Crippen molar-refractivity contribution >= 4 is 22.6 Å². The van der Waals surface area contributed by atoms with E-state index in [0.29, 0.717) is 5.92 Å². The Morgan fingerprint density at radius 1 is 1.41 bits per heavy atom. The SMILES string of the molecule is COC(C1CC1)C(Cc1ccc(I)cc1)NN. The largest absolute Gasteiger partial charge is 0.379 e. The quantitative estimate of drug-likeness (QED) is 0.471. The van der Waals surface area contributed by atoms with Crippen LogP contribution in [0.15, 0.2) is 24.3 Å². The van der Waals surface area contributed by atoms with Gasteiger partial charge >= 0.3 is 0 Å². The molecule has 2 rings (SSSR count). The summed E-state index contributed by atoms with van der Waals surface area (Å²) in [7, 11) is 1.78. The standard InChI is InChI=1S/C13H19IN2O/c1-17-13(10-4-5-10)12(16-15)8-9-2-6-11(14)7-3-9/h2-3,6-7,10,12-13,16H,4-5,8,15H2,1H3. The van der Waals surface area contributed by atoms with Crippen LogP contribution in [0.4, 0.5) is 0 Å². The van der Waals surface area contributed by atoms with E-state index in [2.05, 4.69) is 52.3 Å². The maximum absolute atomic E-state index is 5.66. The molecule has 0 radical (unpaired) electrons. The highest BCUT2D eigenvalue weighted by Crippen LogP contribution is 2.36. The van der Waals surface area contributed by atoms with Gasteiger partial charge in [-0.05, 0) is 65.5 Å². The van der Waals surface area contributed by atoms with E-state index in [1.54, 1.807) is 7.11 Å². The van der Waals surface area contributed by atoms with Crippen molar-refractivity contribution in [3.8, 4) is 0 Å². The van der Waals surface area contributed by atoms with Crippen LogP contribution in [0.1, 0.15) is 18.4 Å². The fourth-order valence-corrected chi connectivity index (χ4v) is 2.61. The number of hydrogen-bond donors (Lipinski definition) is 2. The summed E-state index contributed by atoms with van der Waals surface area (Å²) in [6.45, 7) is 0. The average molecular weight is 346 g/mol. The number of ether oxygens (including phenoxy) is 1. The molecule has 0 aromatic heterocycles. The van der Waals surface area contributed by atoms with Gasteiger partial charge in [0.1, 0.15) is 0 Å². The smallest absolute Gasteiger partial charge is 0.0769 e. The molecule has 4 heteroatoms. The minimum atomic E-state index is 0.201. The third-order valence-electron chi connectivity index (χ3n) is 3.34. The van der Waals surface area contributed by atoms with Crippen LogP contribution in [-0.4, -0.2) is 19.3 Å². The molecule has 3 nitrogen and oxygen atoms in total. The molecule has 3 N–H and O–H groups in total. The molecule has 1 aromatic rings. The molecule has 1 aliphatic rings. The first kappa shape index (κ1) is 13.3. The zero-order valence-electron chi connectivity index (χ0n) is 10.0. The molecule has 94 valence electrons. The fourth-order valence-electron chi connectivity index (χ4n) is 2.25. The number of hydrazine groups is 1. The second-order valence-electron chi connectivity index (χ2n) is 4.64. The minimum absolute atomic E-state index is 0.201. The van der Waals surface area contributed by atoms with Crippen molar-refractivity contribution in [2.45, 2.75) is 31.4 Å². The summed E-state index contributed by atoms with van der Waals surface area (Å²) in [5.41, 5.74) is 4.21. The predicted octanol–water partition coefficient (Wildman–Crippen LogP) is 2.09. The highest BCUT2D eigenvalue weighted by atomic mass is 127. The van der Waals surface area contributed by atoms with Crippen LogP contribution in [0.25, 0.3) is 0 Å². The Bertz CT molecular complexity index is 351.